The average Bonchev–Trinajstić information content (AvgIpc) is 3.23. The molecule has 1 aliphatic rings. The summed E-state index contributed by atoms with van der Waals surface area (Å²) in [5.41, 5.74) is 3.09. The van der Waals surface area contributed by atoms with Gasteiger partial charge in [-0.05, 0) is 68.8 Å². The molecule has 1 atom stereocenters. The largest absolute Gasteiger partial charge is 0.497 e. The Morgan fingerprint density at radius 1 is 1.22 bits per heavy atom. The minimum Gasteiger partial charge on any atom is -0.497 e. The van der Waals surface area contributed by atoms with Crippen molar-refractivity contribution >= 4 is 11.5 Å². The number of carbonyl (C=O) groups excluding carboxylic acids is 1. The molecule has 2 aromatic carbocycles. The summed E-state index contributed by atoms with van der Waals surface area (Å²) in [7, 11) is 1.67. The average molecular weight is 363 g/mol. The van der Waals surface area contributed by atoms with Crippen LogP contribution < -0.4 is 10.1 Å². The summed E-state index contributed by atoms with van der Waals surface area (Å²) < 4.78 is 5.27. The Kier molecular flexibility index (Phi) is 6.10. The van der Waals surface area contributed by atoms with Crippen LogP contribution in [0.1, 0.15) is 47.3 Å². The Hall–Kier alpha value is -2.84. The minimum atomic E-state index is -0.00575. The maximum absolute atomic E-state index is 11.7. The van der Waals surface area contributed by atoms with Gasteiger partial charge in [-0.15, -0.1) is 0 Å². The van der Waals surface area contributed by atoms with Gasteiger partial charge in [-0.2, -0.15) is 5.26 Å². The van der Waals surface area contributed by atoms with Crippen LogP contribution in [0.5, 0.6) is 5.75 Å². The molecular formula is C22H25N3O2. The lowest BCUT2D eigenvalue weighted by atomic mass is 10.0. The number of anilines is 1. The molecule has 1 saturated heterocycles. The third kappa shape index (κ3) is 4.47. The van der Waals surface area contributed by atoms with Gasteiger partial charge in [0.15, 0.2) is 5.78 Å². The lowest BCUT2D eigenvalue weighted by molar-refractivity contribution is 0.101. The highest BCUT2D eigenvalue weighted by Crippen LogP contribution is 2.28. The summed E-state index contributed by atoms with van der Waals surface area (Å²) in [6.07, 6.45) is 2.41. The normalized spacial score (nSPS) is 15.1. The molecule has 0 bridgehead atoms. The van der Waals surface area contributed by atoms with E-state index >= 15 is 0 Å². The molecule has 1 unspecified atom stereocenters. The summed E-state index contributed by atoms with van der Waals surface area (Å²) >= 11 is 0. The van der Waals surface area contributed by atoms with Crippen LogP contribution in [0.15, 0.2) is 42.5 Å². The van der Waals surface area contributed by atoms with E-state index in [0.717, 1.165) is 18.8 Å². The van der Waals surface area contributed by atoms with Crippen molar-refractivity contribution in [2.75, 3.05) is 32.1 Å². The molecule has 0 amide bonds. The molecule has 1 aliphatic heterocycles. The predicted molar refractivity (Wildman–Crippen MR) is 106 cm³/mol. The molecule has 27 heavy (non-hydrogen) atoms. The first kappa shape index (κ1) is 18.9. The highest BCUT2D eigenvalue weighted by molar-refractivity contribution is 5.95. The van der Waals surface area contributed by atoms with Crippen molar-refractivity contribution in [1.82, 2.24) is 4.90 Å². The number of Topliss-reactive ketones (excluding diaryl/α,β-unsaturated/α-hetero) is 1. The van der Waals surface area contributed by atoms with Gasteiger partial charge in [-0.3, -0.25) is 9.69 Å². The standard InChI is InChI=1S/C22H25N3O2/c1-16(26)18-5-6-19(14-23)21(13-18)24-15-22(25-11-3-4-12-25)17-7-9-20(27-2)10-8-17/h5-10,13,22,24H,3-4,11-12,15H2,1-2H3. The molecule has 0 spiro atoms. The van der Waals surface area contributed by atoms with E-state index in [2.05, 4.69) is 28.4 Å². The van der Waals surface area contributed by atoms with Crippen molar-refractivity contribution in [1.29, 1.82) is 5.26 Å². The molecule has 0 aromatic heterocycles. The van der Waals surface area contributed by atoms with Crippen molar-refractivity contribution in [2.24, 2.45) is 0 Å². The third-order valence-electron chi connectivity index (χ3n) is 5.11. The Labute approximate surface area is 160 Å². The first-order valence-corrected chi connectivity index (χ1v) is 9.29. The fourth-order valence-corrected chi connectivity index (χ4v) is 3.55. The van der Waals surface area contributed by atoms with Crippen LogP contribution in [0, 0.1) is 11.3 Å². The van der Waals surface area contributed by atoms with Crippen molar-refractivity contribution in [3.8, 4) is 11.8 Å². The Balaban J connectivity index is 1.83. The van der Waals surface area contributed by atoms with E-state index in [1.165, 1.54) is 25.3 Å². The van der Waals surface area contributed by atoms with Gasteiger partial charge in [0, 0.05) is 12.1 Å². The summed E-state index contributed by atoms with van der Waals surface area (Å²) in [5, 5.41) is 12.8. The number of methoxy groups -OCH3 is 1. The molecule has 5 heteroatoms. The zero-order chi connectivity index (χ0) is 19.2. The smallest absolute Gasteiger partial charge is 0.159 e. The predicted octanol–water partition coefficient (Wildman–Crippen LogP) is 4.02. The van der Waals surface area contributed by atoms with Gasteiger partial charge >= 0.3 is 0 Å². The SMILES string of the molecule is COc1ccc(C(CNc2cc(C(C)=O)ccc2C#N)N2CCCC2)cc1. The quantitative estimate of drug-likeness (QED) is 0.753. The fraction of sp³-hybridized carbons (Fsp3) is 0.364. The Morgan fingerprint density at radius 3 is 2.52 bits per heavy atom. The molecule has 1 N–H and O–H groups in total. The van der Waals surface area contributed by atoms with Crippen LogP contribution in [0.25, 0.3) is 0 Å². The van der Waals surface area contributed by atoms with E-state index in [1.54, 1.807) is 25.3 Å². The van der Waals surface area contributed by atoms with Crippen LogP contribution in [0.3, 0.4) is 0 Å². The Bertz CT molecular complexity index is 834. The maximum atomic E-state index is 11.7. The molecule has 140 valence electrons. The number of ketones is 1. The van der Waals surface area contributed by atoms with E-state index in [0.29, 0.717) is 23.4 Å². The van der Waals surface area contributed by atoms with Crippen LogP contribution in [0.4, 0.5) is 5.69 Å². The van der Waals surface area contributed by atoms with Gasteiger partial charge in [0.25, 0.3) is 0 Å². The molecule has 0 aliphatic carbocycles. The van der Waals surface area contributed by atoms with Gasteiger partial charge in [0.1, 0.15) is 11.8 Å². The first-order valence-electron chi connectivity index (χ1n) is 9.29. The van der Waals surface area contributed by atoms with Gasteiger partial charge in [0.05, 0.1) is 24.4 Å². The summed E-state index contributed by atoms with van der Waals surface area (Å²) in [5.74, 6) is 0.835. The zero-order valence-electron chi connectivity index (χ0n) is 15.9. The van der Waals surface area contributed by atoms with E-state index < -0.39 is 0 Å². The second-order valence-electron chi connectivity index (χ2n) is 6.84. The number of nitrogens with one attached hydrogen (secondary N) is 1. The van der Waals surface area contributed by atoms with Gasteiger partial charge in [0.2, 0.25) is 0 Å². The first-order chi connectivity index (χ1) is 13.1. The number of nitriles is 1. The van der Waals surface area contributed by atoms with Crippen LogP contribution >= 0.6 is 0 Å². The van der Waals surface area contributed by atoms with Crippen molar-refractivity contribution in [3.05, 3.63) is 59.2 Å². The number of ether oxygens (including phenoxy) is 1. The van der Waals surface area contributed by atoms with Gasteiger partial charge in [-0.25, -0.2) is 0 Å². The molecule has 0 saturated carbocycles. The fourth-order valence-electron chi connectivity index (χ4n) is 3.55. The number of carbonyl (C=O) groups is 1. The molecular weight excluding hydrogens is 338 g/mol. The van der Waals surface area contributed by atoms with Crippen molar-refractivity contribution < 1.29 is 9.53 Å². The minimum absolute atomic E-state index is 0.00575. The van der Waals surface area contributed by atoms with Crippen LogP contribution in [-0.4, -0.2) is 37.4 Å². The number of nitrogens with zero attached hydrogens (tertiary/aromatic N) is 2. The number of likely N-dealkylation sites (tertiary alicyclic amines) is 1. The molecule has 1 fully saturated rings. The third-order valence-corrected chi connectivity index (χ3v) is 5.11. The molecule has 1 heterocycles. The summed E-state index contributed by atoms with van der Waals surface area (Å²) in [4.78, 5) is 14.2. The molecule has 0 radical (unpaired) electrons. The second kappa shape index (κ2) is 8.70. The molecule has 3 rings (SSSR count). The Morgan fingerprint density at radius 2 is 1.93 bits per heavy atom. The van der Waals surface area contributed by atoms with Crippen LogP contribution in [-0.2, 0) is 0 Å². The zero-order valence-corrected chi connectivity index (χ0v) is 15.9. The van der Waals surface area contributed by atoms with Crippen molar-refractivity contribution in [3.63, 3.8) is 0 Å². The summed E-state index contributed by atoms with van der Waals surface area (Å²) in [6, 6.07) is 15.7. The number of benzene rings is 2. The lowest BCUT2D eigenvalue weighted by Crippen LogP contribution is -2.31. The van der Waals surface area contributed by atoms with Crippen LogP contribution in [0.2, 0.25) is 0 Å². The number of rotatable bonds is 7. The molecule has 2 aromatic rings. The van der Waals surface area contributed by atoms with Gasteiger partial charge in [-0.1, -0.05) is 12.1 Å². The van der Waals surface area contributed by atoms with Crippen molar-refractivity contribution in [2.45, 2.75) is 25.8 Å². The summed E-state index contributed by atoms with van der Waals surface area (Å²) in [6.45, 7) is 4.34. The van der Waals surface area contributed by atoms with E-state index in [9.17, 15) is 10.1 Å². The number of hydrogen-bond donors (Lipinski definition) is 1. The lowest BCUT2D eigenvalue weighted by Gasteiger charge is -2.29. The molecule has 5 nitrogen and oxygen atoms in total. The van der Waals surface area contributed by atoms with E-state index in [4.69, 9.17) is 4.74 Å². The van der Waals surface area contributed by atoms with Gasteiger partial charge < -0.3 is 10.1 Å². The maximum Gasteiger partial charge on any atom is 0.159 e. The monoisotopic (exact) mass is 363 g/mol. The number of hydrogen-bond acceptors (Lipinski definition) is 5. The highest BCUT2D eigenvalue weighted by atomic mass is 16.5. The van der Waals surface area contributed by atoms with E-state index in [1.807, 2.05) is 12.1 Å². The highest BCUT2D eigenvalue weighted by Gasteiger charge is 2.23. The topological polar surface area (TPSA) is 65.4 Å². The van der Waals surface area contributed by atoms with E-state index in [-0.39, 0.29) is 11.8 Å². The second-order valence-corrected chi connectivity index (χ2v) is 6.84.